The summed E-state index contributed by atoms with van der Waals surface area (Å²) in [5.74, 6) is 1.93. The van der Waals surface area contributed by atoms with Crippen LogP contribution in [0.5, 0.6) is 0 Å². The van der Waals surface area contributed by atoms with Crippen molar-refractivity contribution in [3.8, 4) is 11.4 Å². The van der Waals surface area contributed by atoms with Crippen molar-refractivity contribution >= 4 is 17.5 Å². The summed E-state index contributed by atoms with van der Waals surface area (Å²) in [6.45, 7) is 8.37. The van der Waals surface area contributed by atoms with Gasteiger partial charge >= 0.3 is 0 Å². The molecule has 37 heavy (non-hydrogen) atoms. The number of amides is 1. The minimum Gasteiger partial charge on any atom is -0.352 e. The molecule has 2 aliphatic rings. The number of hydrogen-bond acceptors (Lipinski definition) is 6. The van der Waals surface area contributed by atoms with Gasteiger partial charge in [-0.05, 0) is 68.0 Å². The van der Waals surface area contributed by atoms with Gasteiger partial charge in [0, 0.05) is 36.8 Å². The summed E-state index contributed by atoms with van der Waals surface area (Å²) >= 11 is 6.09. The average Bonchev–Trinajstić information content (AvgIpc) is 3.36. The zero-order chi connectivity index (χ0) is 25.6. The van der Waals surface area contributed by atoms with Gasteiger partial charge < -0.3 is 9.84 Å². The van der Waals surface area contributed by atoms with E-state index in [2.05, 4.69) is 56.4 Å². The van der Waals surface area contributed by atoms with E-state index in [0.29, 0.717) is 36.4 Å². The largest absolute Gasteiger partial charge is 0.352 e. The van der Waals surface area contributed by atoms with Crippen molar-refractivity contribution in [3.05, 3.63) is 70.6 Å². The second-order valence-electron chi connectivity index (χ2n) is 10.6. The molecule has 5 rings (SSSR count). The van der Waals surface area contributed by atoms with Gasteiger partial charge in [-0.2, -0.15) is 4.98 Å². The molecule has 0 radical (unpaired) electrons. The van der Waals surface area contributed by atoms with E-state index in [0.717, 1.165) is 43.0 Å². The van der Waals surface area contributed by atoms with Crippen LogP contribution in [0.1, 0.15) is 49.6 Å². The molecule has 0 spiro atoms. The van der Waals surface area contributed by atoms with E-state index in [9.17, 15) is 4.79 Å². The number of rotatable bonds is 8. The van der Waals surface area contributed by atoms with Crippen molar-refractivity contribution in [2.45, 2.75) is 52.2 Å². The number of halogens is 1. The van der Waals surface area contributed by atoms with Gasteiger partial charge in [-0.15, -0.1) is 0 Å². The second kappa shape index (κ2) is 12.2. The van der Waals surface area contributed by atoms with Crippen molar-refractivity contribution < 1.29 is 9.32 Å². The lowest BCUT2D eigenvalue weighted by Crippen LogP contribution is -2.42. The van der Waals surface area contributed by atoms with E-state index < -0.39 is 0 Å². The van der Waals surface area contributed by atoms with Crippen LogP contribution in [0, 0.1) is 11.8 Å². The Labute approximate surface area is 224 Å². The highest BCUT2D eigenvalue weighted by Gasteiger charge is 2.27. The molecule has 3 heterocycles. The monoisotopic (exact) mass is 521 g/mol. The summed E-state index contributed by atoms with van der Waals surface area (Å²) in [5.41, 5.74) is 3.30. The summed E-state index contributed by atoms with van der Waals surface area (Å²) < 4.78 is 5.48. The SMILES string of the molecule is CC1CCCN(Cc2cccc(CNC(=O)C3CCCN(Cc4nc(-c5cccc(Cl)c5)no4)C3)c2)C1. The number of carbonyl (C=O) groups excluding carboxylic acids is 1. The number of nitrogens with one attached hydrogen (secondary N) is 1. The zero-order valence-corrected chi connectivity index (χ0v) is 22.3. The summed E-state index contributed by atoms with van der Waals surface area (Å²) in [4.78, 5) is 22.3. The van der Waals surface area contributed by atoms with Gasteiger partial charge in [-0.3, -0.25) is 14.6 Å². The normalized spacial score (nSPS) is 21.1. The molecular weight excluding hydrogens is 486 g/mol. The average molecular weight is 522 g/mol. The molecule has 2 fully saturated rings. The van der Waals surface area contributed by atoms with Crippen molar-refractivity contribution in [2.24, 2.45) is 11.8 Å². The summed E-state index contributed by atoms with van der Waals surface area (Å²) in [6.07, 6.45) is 4.48. The lowest BCUT2D eigenvalue weighted by atomic mass is 9.97. The first kappa shape index (κ1) is 25.9. The molecule has 196 valence electrons. The Morgan fingerprint density at radius 2 is 1.81 bits per heavy atom. The molecule has 8 heteroatoms. The van der Waals surface area contributed by atoms with E-state index in [1.807, 2.05) is 24.3 Å². The third-order valence-corrected chi connectivity index (χ3v) is 7.63. The lowest BCUT2D eigenvalue weighted by Gasteiger charge is -2.31. The fraction of sp³-hybridized carbons (Fsp3) is 0.483. The zero-order valence-electron chi connectivity index (χ0n) is 21.5. The Morgan fingerprint density at radius 1 is 1.03 bits per heavy atom. The molecule has 2 saturated heterocycles. The molecule has 0 saturated carbocycles. The Kier molecular flexibility index (Phi) is 8.54. The number of aromatic nitrogens is 2. The van der Waals surface area contributed by atoms with Crippen LogP contribution in [0.2, 0.25) is 5.02 Å². The topological polar surface area (TPSA) is 74.5 Å². The van der Waals surface area contributed by atoms with Gasteiger partial charge in [-0.1, -0.05) is 60.1 Å². The van der Waals surface area contributed by atoms with Crippen LogP contribution in [0.4, 0.5) is 0 Å². The van der Waals surface area contributed by atoms with Crippen molar-refractivity contribution in [1.29, 1.82) is 0 Å². The van der Waals surface area contributed by atoms with E-state index >= 15 is 0 Å². The highest BCUT2D eigenvalue weighted by Crippen LogP contribution is 2.23. The number of piperidine rings is 2. The van der Waals surface area contributed by atoms with E-state index in [4.69, 9.17) is 16.1 Å². The molecule has 3 aromatic rings. The molecule has 1 N–H and O–H groups in total. The molecule has 2 aliphatic heterocycles. The number of carbonyl (C=O) groups is 1. The predicted molar refractivity (Wildman–Crippen MR) is 145 cm³/mol. The maximum absolute atomic E-state index is 13.0. The first-order valence-electron chi connectivity index (χ1n) is 13.4. The quantitative estimate of drug-likeness (QED) is 0.442. The Bertz CT molecular complexity index is 1200. The molecule has 7 nitrogen and oxygen atoms in total. The summed E-state index contributed by atoms with van der Waals surface area (Å²) in [5, 5.41) is 7.92. The Morgan fingerprint density at radius 3 is 2.65 bits per heavy atom. The number of likely N-dealkylation sites (tertiary alicyclic amines) is 2. The van der Waals surface area contributed by atoms with Gasteiger partial charge in [0.1, 0.15) is 0 Å². The third kappa shape index (κ3) is 7.18. The van der Waals surface area contributed by atoms with Crippen LogP contribution in [0.25, 0.3) is 11.4 Å². The molecule has 1 aromatic heterocycles. The second-order valence-corrected chi connectivity index (χ2v) is 11.1. The van der Waals surface area contributed by atoms with E-state index in [1.54, 1.807) is 0 Å². The lowest BCUT2D eigenvalue weighted by molar-refractivity contribution is -0.127. The molecule has 1 amide bonds. The van der Waals surface area contributed by atoms with Gasteiger partial charge in [0.2, 0.25) is 17.6 Å². The molecule has 0 aliphatic carbocycles. The van der Waals surface area contributed by atoms with E-state index in [-0.39, 0.29) is 11.8 Å². The van der Waals surface area contributed by atoms with Crippen molar-refractivity contribution in [3.63, 3.8) is 0 Å². The minimum atomic E-state index is -0.0397. The van der Waals surface area contributed by atoms with Crippen LogP contribution in [0.3, 0.4) is 0 Å². The highest BCUT2D eigenvalue weighted by molar-refractivity contribution is 6.30. The minimum absolute atomic E-state index is 0.0397. The molecular formula is C29H36ClN5O2. The molecule has 2 aromatic carbocycles. The molecule has 2 unspecified atom stereocenters. The van der Waals surface area contributed by atoms with Crippen LogP contribution in [-0.4, -0.2) is 52.0 Å². The van der Waals surface area contributed by atoms with Gasteiger partial charge in [0.25, 0.3) is 0 Å². The van der Waals surface area contributed by atoms with Gasteiger partial charge in [-0.25, -0.2) is 0 Å². The van der Waals surface area contributed by atoms with Crippen molar-refractivity contribution in [2.75, 3.05) is 26.2 Å². The standard InChI is InChI=1S/C29H36ClN5O2/c1-21-6-4-12-34(17-21)18-23-8-2-7-22(14-23)16-31-29(36)25-10-5-13-35(19-25)20-27-32-28(33-37-27)24-9-3-11-26(30)15-24/h2-3,7-9,11,14-15,21,25H,4-6,10,12-13,16-20H2,1H3,(H,31,36). The molecule has 0 bridgehead atoms. The summed E-state index contributed by atoms with van der Waals surface area (Å²) in [6, 6.07) is 16.0. The fourth-order valence-corrected chi connectivity index (χ4v) is 5.72. The highest BCUT2D eigenvalue weighted by atomic mass is 35.5. The van der Waals surface area contributed by atoms with Crippen LogP contribution in [-0.2, 0) is 24.4 Å². The van der Waals surface area contributed by atoms with Gasteiger partial charge in [0.15, 0.2) is 0 Å². The number of nitrogens with zero attached hydrogens (tertiary/aromatic N) is 4. The first-order chi connectivity index (χ1) is 18.0. The smallest absolute Gasteiger partial charge is 0.241 e. The first-order valence-corrected chi connectivity index (χ1v) is 13.8. The van der Waals surface area contributed by atoms with Crippen molar-refractivity contribution in [1.82, 2.24) is 25.3 Å². The summed E-state index contributed by atoms with van der Waals surface area (Å²) in [7, 11) is 0. The number of hydrogen-bond donors (Lipinski definition) is 1. The Balaban J connectivity index is 1.11. The van der Waals surface area contributed by atoms with Gasteiger partial charge in [0.05, 0.1) is 12.5 Å². The van der Waals surface area contributed by atoms with Crippen LogP contribution in [0.15, 0.2) is 53.1 Å². The van der Waals surface area contributed by atoms with Crippen LogP contribution < -0.4 is 5.32 Å². The Hall–Kier alpha value is -2.74. The maximum Gasteiger partial charge on any atom is 0.241 e. The number of benzene rings is 2. The van der Waals surface area contributed by atoms with Crippen LogP contribution >= 0.6 is 11.6 Å². The predicted octanol–water partition coefficient (Wildman–Crippen LogP) is 5.15. The third-order valence-electron chi connectivity index (χ3n) is 7.39. The van der Waals surface area contributed by atoms with E-state index in [1.165, 1.54) is 31.5 Å². The maximum atomic E-state index is 13.0. The molecule has 2 atom stereocenters. The fourth-order valence-electron chi connectivity index (χ4n) is 5.53.